The molecule has 0 bridgehead atoms. The molecule has 1 heterocycles. The zero-order chi connectivity index (χ0) is 12.1. The number of likely N-dealkylation sites (N-methyl/N-ethyl adjacent to an activating group) is 1. The van der Waals surface area contributed by atoms with Crippen LogP contribution in [0.25, 0.3) is 0 Å². The van der Waals surface area contributed by atoms with Crippen LogP contribution >= 0.6 is 0 Å². The average molecular weight is 234 g/mol. The molecule has 0 aliphatic rings. The maximum absolute atomic E-state index is 12.0. The molecule has 7 heteroatoms. The summed E-state index contributed by atoms with van der Waals surface area (Å²) in [7, 11) is 1.53. The van der Waals surface area contributed by atoms with Gasteiger partial charge in [-0.05, 0) is 7.05 Å². The van der Waals surface area contributed by atoms with Crippen molar-refractivity contribution in [3.8, 4) is 0 Å². The Kier molecular flexibility index (Phi) is 4.63. The molecule has 0 saturated carbocycles. The van der Waals surface area contributed by atoms with Gasteiger partial charge in [0.05, 0.1) is 31.1 Å². The standard InChI is InChI=1S/C9H16F2N4O/c1-14(6-9(10)11)4-8(16)5-15-3-7(12)2-13-15/h2-3,8-9,16H,4-6,12H2,1H3. The van der Waals surface area contributed by atoms with Crippen LogP contribution in [0.1, 0.15) is 0 Å². The highest BCUT2D eigenvalue weighted by Gasteiger charge is 2.13. The van der Waals surface area contributed by atoms with E-state index < -0.39 is 12.5 Å². The van der Waals surface area contributed by atoms with Gasteiger partial charge in [0.2, 0.25) is 0 Å². The summed E-state index contributed by atoms with van der Waals surface area (Å²) < 4.78 is 25.5. The molecule has 3 N–H and O–H groups in total. The van der Waals surface area contributed by atoms with Crippen molar-refractivity contribution in [2.75, 3.05) is 25.9 Å². The number of aliphatic hydroxyl groups is 1. The van der Waals surface area contributed by atoms with Gasteiger partial charge in [-0.2, -0.15) is 5.10 Å². The van der Waals surface area contributed by atoms with E-state index in [1.807, 2.05) is 0 Å². The van der Waals surface area contributed by atoms with Crippen LogP contribution < -0.4 is 5.73 Å². The number of hydrogen-bond donors (Lipinski definition) is 2. The van der Waals surface area contributed by atoms with Crippen molar-refractivity contribution in [1.82, 2.24) is 14.7 Å². The smallest absolute Gasteiger partial charge is 0.251 e. The zero-order valence-electron chi connectivity index (χ0n) is 9.05. The normalized spacial score (nSPS) is 13.6. The van der Waals surface area contributed by atoms with Crippen LogP contribution in [0, 0.1) is 0 Å². The van der Waals surface area contributed by atoms with Gasteiger partial charge in [-0.25, -0.2) is 8.78 Å². The van der Waals surface area contributed by atoms with Crippen molar-refractivity contribution in [3.63, 3.8) is 0 Å². The molecule has 0 aliphatic carbocycles. The summed E-state index contributed by atoms with van der Waals surface area (Å²) >= 11 is 0. The third kappa shape index (κ3) is 4.54. The fourth-order valence-corrected chi connectivity index (χ4v) is 1.42. The van der Waals surface area contributed by atoms with Gasteiger partial charge in [0.25, 0.3) is 6.43 Å². The summed E-state index contributed by atoms with van der Waals surface area (Å²) in [6.45, 7) is 0.0627. The first-order chi connectivity index (χ1) is 7.47. The molecule has 1 atom stereocenters. The molecule has 0 aromatic carbocycles. The van der Waals surface area contributed by atoms with Crippen molar-refractivity contribution >= 4 is 5.69 Å². The highest BCUT2D eigenvalue weighted by Crippen LogP contribution is 2.01. The maximum Gasteiger partial charge on any atom is 0.251 e. The number of anilines is 1. The Morgan fingerprint density at radius 3 is 2.75 bits per heavy atom. The number of rotatable bonds is 6. The Labute approximate surface area is 92.5 Å². The van der Waals surface area contributed by atoms with Gasteiger partial charge in [0, 0.05) is 12.7 Å². The van der Waals surface area contributed by atoms with Crippen molar-refractivity contribution in [1.29, 1.82) is 0 Å². The fourth-order valence-electron chi connectivity index (χ4n) is 1.42. The summed E-state index contributed by atoms with van der Waals surface area (Å²) in [5.74, 6) is 0. The van der Waals surface area contributed by atoms with Crippen LogP contribution in [0.2, 0.25) is 0 Å². The van der Waals surface area contributed by atoms with Crippen LogP contribution in [-0.2, 0) is 6.54 Å². The molecular weight excluding hydrogens is 218 g/mol. The number of nitrogen functional groups attached to an aromatic ring is 1. The maximum atomic E-state index is 12.0. The minimum Gasteiger partial charge on any atom is -0.396 e. The van der Waals surface area contributed by atoms with E-state index in [0.29, 0.717) is 5.69 Å². The molecule has 92 valence electrons. The fraction of sp³-hybridized carbons (Fsp3) is 0.667. The van der Waals surface area contributed by atoms with Crippen molar-refractivity contribution in [2.45, 2.75) is 19.1 Å². The van der Waals surface area contributed by atoms with Crippen LogP contribution in [0.3, 0.4) is 0 Å². The Bertz CT molecular complexity index is 318. The number of halogens is 2. The quantitative estimate of drug-likeness (QED) is 0.728. The van der Waals surface area contributed by atoms with E-state index in [9.17, 15) is 13.9 Å². The topological polar surface area (TPSA) is 67.3 Å². The summed E-state index contributed by atoms with van der Waals surface area (Å²) in [6, 6.07) is 0. The zero-order valence-corrected chi connectivity index (χ0v) is 9.05. The van der Waals surface area contributed by atoms with Crippen molar-refractivity contribution in [2.24, 2.45) is 0 Å². The number of nitrogens with two attached hydrogens (primary N) is 1. The molecule has 1 aromatic rings. The molecular formula is C9H16F2N4O. The summed E-state index contributed by atoms with van der Waals surface area (Å²) in [4.78, 5) is 1.38. The molecule has 16 heavy (non-hydrogen) atoms. The van der Waals surface area contributed by atoms with E-state index in [-0.39, 0.29) is 19.6 Å². The average Bonchev–Trinajstić information content (AvgIpc) is 2.48. The molecule has 1 unspecified atom stereocenters. The lowest BCUT2D eigenvalue weighted by Gasteiger charge is -2.19. The molecule has 0 amide bonds. The highest BCUT2D eigenvalue weighted by atomic mass is 19.3. The van der Waals surface area contributed by atoms with Gasteiger partial charge >= 0.3 is 0 Å². The number of aliphatic hydroxyl groups excluding tert-OH is 1. The SMILES string of the molecule is CN(CC(F)F)CC(O)Cn1cc(N)cn1. The van der Waals surface area contributed by atoms with Crippen LogP contribution in [0.4, 0.5) is 14.5 Å². The minimum absolute atomic E-state index is 0.171. The molecule has 0 spiro atoms. The van der Waals surface area contributed by atoms with Crippen molar-refractivity contribution in [3.05, 3.63) is 12.4 Å². The van der Waals surface area contributed by atoms with E-state index in [0.717, 1.165) is 0 Å². The third-order valence-electron chi connectivity index (χ3n) is 2.02. The van der Waals surface area contributed by atoms with Crippen LogP contribution in [0.5, 0.6) is 0 Å². The lowest BCUT2D eigenvalue weighted by Crippen LogP contribution is -2.34. The Morgan fingerprint density at radius 1 is 1.56 bits per heavy atom. The molecule has 1 aromatic heterocycles. The van der Waals surface area contributed by atoms with E-state index in [2.05, 4.69) is 5.10 Å². The minimum atomic E-state index is -2.39. The largest absolute Gasteiger partial charge is 0.396 e. The number of nitrogens with zero attached hydrogens (tertiary/aromatic N) is 3. The number of alkyl halides is 2. The number of hydrogen-bond acceptors (Lipinski definition) is 4. The summed E-state index contributed by atoms with van der Waals surface area (Å²) in [6.07, 6.45) is -0.0908. The van der Waals surface area contributed by atoms with E-state index >= 15 is 0 Å². The van der Waals surface area contributed by atoms with Gasteiger partial charge in [-0.3, -0.25) is 9.58 Å². The lowest BCUT2D eigenvalue weighted by molar-refractivity contribution is 0.0609. The van der Waals surface area contributed by atoms with Gasteiger partial charge in [-0.1, -0.05) is 0 Å². The first-order valence-corrected chi connectivity index (χ1v) is 4.90. The Morgan fingerprint density at radius 2 is 2.25 bits per heavy atom. The molecule has 0 fully saturated rings. The monoisotopic (exact) mass is 234 g/mol. The summed E-state index contributed by atoms with van der Waals surface area (Å²) in [5.41, 5.74) is 5.95. The predicted octanol–water partition coefficient (Wildman–Crippen LogP) is 0.0231. The lowest BCUT2D eigenvalue weighted by atomic mass is 10.3. The van der Waals surface area contributed by atoms with Gasteiger partial charge in [0.1, 0.15) is 0 Å². The molecule has 0 aliphatic heterocycles. The van der Waals surface area contributed by atoms with Gasteiger partial charge < -0.3 is 10.8 Å². The van der Waals surface area contributed by atoms with E-state index in [1.54, 1.807) is 6.20 Å². The van der Waals surface area contributed by atoms with Crippen LogP contribution in [-0.4, -0.2) is 52.5 Å². The number of aromatic nitrogens is 2. The molecule has 0 radical (unpaired) electrons. The molecule has 0 saturated heterocycles. The first-order valence-electron chi connectivity index (χ1n) is 4.90. The van der Waals surface area contributed by atoms with E-state index in [1.165, 1.54) is 22.8 Å². The molecule has 1 rings (SSSR count). The second-order valence-electron chi connectivity index (χ2n) is 3.76. The van der Waals surface area contributed by atoms with Crippen molar-refractivity contribution < 1.29 is 13.9 Å². The second kappa shape index (κ2) is 5.76. The van der Waals surface area contributed by atoms with Gasteiger partial charge in [0.15, 0.2) is 0 Å². The second-order valence-corrected chi connectivity index (χ2v) is 3.76. The third-order valence-corrected chi connectivity index (χ3v) is 2.02. The van der Waals surface area contributed by atoms with E-state index in [4.69, 9.17) is 5.73 Å². The Hall–Kier alpha value is -1.21. The first kappa shape index (κ1) is 12.9. The predicted molar refractivity (Wildman–Crippen MR) is 56.1 cm³/mol. The molecule has 5 nitrogen and oxygen atoms in total. The van der Waals surface area contributed by atoms with Crippen LogP contribution in [0.15, 0.2) is 12.4 Å². The summed E-state index contributed by atoms with van der Waals surface area (Å²) in [5, 5.41) is 13.5. The Balaban J connectivity index is 2.32. The highest BCUT2D eigenvalue weighted by molar-refractivity contribution is 5.30. The van der Waals surface area contributed by atoms with Gasteiger partial charge in [-0.15, -0.1) is 0 Å².